The fraction of sp³-hybridized carbons (Fsp3) is 0.455. The first-order chi connectivity index (χ1) is 23.6. The smallest absolute Gasteiger partial charge is 0.303 e. The molecule has 5 rings (SSSR count). The van der Waals surface area contributed by atoms with E-state index in [2.05, 4.69) is 35.7 Å². The van der Waals surface area contributed by atoms with Crippen molar-refractivity contribution in [2.75, 3.05) is 39.4 Å². The van der Waals surface area contributed by atoms with Gasteiger partial charge in [-0.3, -0.25) is 13.5 Å². The van der Waals surface area contributed by atoms with Crippen LogP contribution in [0.15, 0.2) is 67.0 Å². The van der Waals surface area contributed by atoms with E-state index in [1.807, 2.05) is 60.7 Å². The van der Waals surface area contributed by atoms with Crippen molar-refractivity contribution in [1.82, 2.24) is 19.5 Å². The van der Waals surface area contributed by atoms with Crippen LogP contribution in [0.25, 0.3) is 11.2 Å². The molecule has 0 amide bonds. The van der Waals surface area contributed by atoms with Crippen LogP contribution in [0.3, 0.4) is 0 Å². The summed E-state index contributed by atoms with van der Waals surface area (Å²) in [5.41, 5.74) is 4.55. The van der Waals surface area contributed by atoms with Crippen LogP contribution in [0.2, 0.25) is 10.2 Å². The van der Waals surface area contributed by atoms with Crippen LogP contribution in [0.1, 0.15) is 33.9 Å². The number of rotatable bonds is 13. The number of esters is 1. The predicted octanol–water partition coefficient (Wildman–Crippen LogP) is 2.84. The average Bonchev–Trinajstić information content (AvgIpc) is 3.60. The monoisotopic (exact) mass is 747 g/mol. The Morgan fingerprint density at radius 3 is 2.18 bits per heavy atom. The highest BCUT2D eigenvalue weighted by atomic mass is 35.5. The minimum absolute atomic E-state index is 0.00414. The van der Waals surface area contributed by atoms with Crippen molar-refractivity contribution >= 4 is 63.5 Å². The Kier molecular flexibility index (Phi) is 11.1. The van der Waals surface area contributed by atoms with E-state index in [1.54, 1.807) is 0 Å². The molecule has 0 aliphatic carbocycles. The molecular formula is C33H42ClN5O9SSi. The van der Waals surface area contributed by atoms with Crippen LogP contribution in [-0.2, 0) is 42.5 Å². The molecule has 0 bridgehead atoms. The molecule has 1 fully saturated rings. The van der Waals surface area contributed by atoms with Crippen LogP contribution in [0.4, 0.5) is 5.95 Å². The number of nitrogens with two attached hydrogens (primary N) is 1. The Hall–Kier alpha value is -3.48. The minimum atomic E-state index is -4.14. The zero-order valence-electron chi connectivity index (χ0n) is 28.9. The molecule has 2 aromatic carbocycles. The number of nitrogen functional groups attached to an aromatic ring is 1. The van der Waals surface area contributed by atoms with Crippen LogP contribution in [0.5, 0.6) is 0 Å². The molecule has 0 radical (unpaired) electrons. The molecule has 17 heteroatoms. The first-order valence-electron chi connectivity index (χ1n) is 15.7. The van der Waals surface area contributed by atoms with Crippen molar-refractivity contribution in [3.63, 3.8) is 0 Å². The third-order valence-corrected chi connectivity index (χ3v) is 14.5. The fourth-order valence-corrected chi connectivity index (χ4v) is 12.3. The van der Waals surface area contributed by atoms with Gasteiger partial charge in [0.2, 0.25) is 5.95 Å². The minimum Gasteiger partial charge on any atom is -0.455 e. The molecule has 0 saturated carbocycles. The zero-order valence-corrected chi connectivity index (χ0v) is 31.5. The van der Waals surface area contributed by atoms with Crippen molar-refractivity contribution in [2.45, 2.75) is 62.9 Å². The summed E-state index contributed by atoms with van der Waals surface area (Å²) < 4.78 is 64.8. The van der Waals surface area contributed by atoms with Crippen molar-refractivity contribution in [3.8, 4) is 0 Å². The third kappa shape index (κ3) is 7.16. The number of benzene rings is 2. The van der Waals surface area contributed by atoms with Gasteiger partial charge >= 0.3 is 5.97 Å². The number of methoxy groups -OCH3 is 2. The van der Waals surface area contributed by atoms with E-state index in [-0.39, 0.29) is 35.5 Å². The second-order valence-corrected chi connectivity index (χ2v) is 19.4. The lowest BCUT2D eigenvalue weighted by Gasteiger charge is -2.47. The van der Waals surface area contributed by atoms with E-state index >= 15 is 0 Å². The van der Waals surface area contributed by atoms with Gasteiger partial charge in [-0.25, -0.2) is 4.98 Å². The predicted molar refractivity (Wildman–Crippen MR) is 189 cm³/mol. The van der Waals surface area contributed by atoms with Gasteiger partial charge in [0.05, 0.1) is 25.8 Å². The van der Waals surface area contributed by atoms with E-state index in [1.165, 1.54) is 32.0 Å². The van der Waals surface area contributed by atoms with Gasteiger partial charge in [-0.1, -0.05) is 93.0 Å². The Labute approximate surface area is 297 Å². The Morgan fingerprint density at radius 2 is 1.68 bits per heavy atom. The molecule has 1 aliphatic rings. The van der Waals surface area contributed by atoms with E-state index < -0.39 is 59.6 Å². The van der Waals surface area contributed by atoms with Gasteiger partial charge < -0.3 is 29.1 Å². The number of aromatic nitrogens is 4. The lowest BCUT2D eigenvalue weighted by atomic mass is 9.90. The van der Waals surface area contributed by atoms with E-state index in [9.17, 15) is 13.2 Å². The number of nitrogens with zero attached hydrogens (tertiary/aromatic N) is 4. The van der Waals surface area contributed by atoms with E-state index in [0.717, 1.165) is 16.6 Å². The fourth-order valence-electron chi connectivity index (χ4n) is 6.79. The second-order valence-electron chi connectivity index (χ2n) is 13.1. The Balaban J connectivity index is 1.77. The molecule has 2 N–H and O–H groups in total. The first kappa shape index (κ1) is 37.8. The highest BCUT2D eigenvalue weighted by Crippen LogP contribution is 2.47. The van der Waals surface area contributed by atoms with Crippen molar-refractivity contribution in [3.05, 3.63) is 72.1 Å². The number of carbonyl (C=O) groups excluding carboxylic acids is 1. The summed E-state index contributed by atoms with van der Waals surface area (Å²) >= 11 is 6.36. The number of fused-ring (bicyclic) bond motifs is 1. The molecule has 1 saturated heterocycles. The normalized spacial score (nSPS) is 22.1. The van der Waals surface area contributed by atoms with Gasteiger partial charge in [0.1, 0.15) is 17.7 Å². The van der Waals surface area contributed by atoms with E-state index in [4.69, 9.17) is 44.9 Å². The maximum Gasteiger partial charge on any atom is 0.303 e. The van der Waals surface area contributed by atoms with Crippen LogP contribution >= 0.6 is 11.6 Å². The van der Waals surface area contributed by atoms with Crippen LogP contribution < -0.4 is 16.1 Å². The lowest BCUT2D eigenvalue weighted by Crippen LogP contribution is -2.69. The maximum absolute atomic E-state index is 12.9. The van der Waals surface area contributed by atoms with Crippen LogP contribution in [0, 0.1) is 0 Å². The lowest BCUT2D eigenvalue weighted by molar-refractivity contribution is -0.186. The largest absolute Gasteiger partial charge is 0.455 e. The number of ether oxygens (including phenoxy) is 4. The molecule has 50 heavy (non-hydrogen) atoms. The van der Waals surface area contributed by atoms with Crippen molar-refractivity contribution in [1.29, 1.82) is 0 Å². The maximum atomic E-state index is 12.9. The molecule has 270 valence electrons. The molecular weight excluding hydrogens is 706 g/mol. The molecule has 0 spiro atoms. The first-order valence-corrected chi connectivity index (χ1v) is 19.8. The summed E-state index contributed by atoms with van der Waals surface area (Å²) in [5.74, 6) is -0.785. The highest BCUT2D eigenvalue weighted by Gasteiger charge is 2.65. The Morgan fingerprint density at radius 1 is 1.08 bits per heavy atom. The van der Waals surface area contributed by atoms with Gasteiger partial charge in [0, 0.05) is 21.1 Å². The van der Waals surface area contributed by atoms with Gasteiger partial charge in [-0.15, -0.1) is 0 Å². The summed E-state index contributed by atoms with van der Waals surface area (Å²) in [6, 6.07) is 19.8. The quantitative estimate of drug-likeness (QED) is 0.0916. The third-order valence-electron chi connectivity index (χ3n) is 8.71. The average molecular weight is 748 g/mol. The molecule has 2 aromatic heterocycles. The van der Waals surface area contributed by atoms with Crippen molar-refractivity contribution < 1.29 is 40.8 Å². The summed E-state index contributed by atoms with van der Waals surface area (Å²) in [4.78, 5) is 25.4. The number of hydrogen-bond acceptors (Lipinski definition) is 13. The van der Waals surface area contributed by atoms with Gasteiger partial charge in [0.15, 0.2) is 28.7 Å². The molecule has 0 unspecified atom stereocenters. The molecule has 3 heterocycles. The standard InChI is InChI=1S/C33H42ClN5O9SSi/c1-21(40)46-26-27(44-6)33(24(18-43-5)48-49(7,41)42,47-30(26)39-20-36-25-28(34)37-31(35)38-29(25)39)19-45-50(32(2,3)4,22-14-10-8-11-15-22)23-16-12-9-13-17-23/h8-17,20,24,26-27,30H,18-19H2,1-7H3,(H2,35,37,38)/t24-,26-,27+,30-,33+/m1/s1. The number of imidazole rings is 1. The second kappa shape index (κ2) is 14.6. The number of carbonyl (C=O) groups is 1. The molecule has 4 aromatic rings. The summed E-state index contributed by atoms with van der Waals surface area (Å²) in [5, 5.41) is 1.44. The number of halogens is 1. The summed E-state index contributed by atoms with van der Waals surface area (Å²) in [6.45, 7) is 6.98. The number of anilines is 1. The van der Waals surface area contributed by atoms with Crippen molar-refractivity contribution in [2.24, 2.45) is 0 Å². The highest BCUT2D eigenvalue weighted by molar-refractivity contribution is 7.86. The SMILES string of the molecule is COC[C@@H](OS(C)(=O)=O)[C@]1(CO[Si](c2ccccc2)(c2ccccc2)C(C)(C)C)O[C@@H](n2cnc3c(Cl)nc(N)nc32)[C@H](OC(C)=O)[C@@H]1OC. The summed E-state index contributed by atoms with van der Waals surface area (Å²) in [7, 11) is -4.63. The zero-order chi connectivity index (χ0) is 36.5. The van der Waals surface area contributed by atoms with E-state index in [0.29, 0.717) is 0 Å². The molecule has 14 nitrogen and oxygen atoms in total. The molecule has 5 atom stereocenters. The topological polar surface area (TPSA) is 176 Å². The number of hydrogen-bond donors (Lipinski definition) is 1. The van der Waals surface area contributed by atoms with Crippen LogP contribution in [-0.4, -0.2) is 99.8 Å². The molecule has 1 aliphatic heterocycles. The van der Waals surface area contributed by atoms with Gasteiger partial charge in [-0.05, 0) is 15.4 Å². The Bertz CT molecular complexity index is 1870. The van der Waals surface area contributed by atoms with Gasteiger partial charge in [-0.2, -0.15) is 18.4 Å². The van der Waals surface area contributed by atoms with Gasteiger partial charge in [0.25, 0.3) is 18.4 Å². The summed E-state index contributed by atoms with van der Waals surface area (Å²) in [6.07, 6.45) is -2.68.